The lowest BCUT2D eigenvalue weighted by molar-refractivity contribution is -0.147. The fourth-order valence-corrected chi connectivity index (χ4v) is 4.85. The Morgan fingerprint density at radius 3 is 2.50 bits per heavy atom. The predicted octanol–water partition coefficient (Wildman–Crippen LogP) is 3.27. The van der Waals surface area contributed by atoms with E-state index in [1.54, 1.807) is 12.3 Å². The number of fused-ring (bicyclic) bond motifs is 3. The maximum Gasteiger partial charge on any atom is 0.449 e. The van der Waals surface area contributed by atoms with Crippen LogP contribution in [0.15, 0.2) is 18.5 Å². The molecule has 2 aliphatic rings. The zero-order valence-electron chi connectivity index (χ0n) is 16.1. The van der Waals surface area contributed by atoms with Crippen molar-refractivity contribution in [3.8, 4) is 0 Å². The summed E-state index contributed by atoms with van der Waals surface area (Å²) in [6.07, 6.45) is 1.05. The van der Waals surface area contributed by atoms with Gasteiger partial charge in [-0.3, -0.25) is 4.55 Å². The largest absolute Gasteiger partial charge is 0.449 e. The van der Waals surface area contributed by atoms with E-state index in [1.807, 2.05) is 6.92 Å². The minimum absolute atomic E-state index is 0.0608. The molecule has 2 saturated carbocycles. The number of pyridine rings is 1. The molecule has 0 bridgehead atoms. The molecular formula is C18H22F3N5O3S. The van der Waals surface area contributed by atoms with Crippen molar-refractivity contribution in [2.24, 2.45) is 11.7 Å². The molecule has 2 fully saturated rings. The summed E-state index contributed by atoms with van der Waals surface area (Å²) in [6.45, 7) is 1.94. The molecule has 0 saturated heterocycles. The van der Waals surface area contributed by atoms with Gasteiger partial charge in [-0.2, -0.15) is 21.6 Å². The maximum atomic E-state index is 13.5. The molecule has 0 aliphatic heterocycles. The number of aromatic amines is 1. The van der Waals surface area contributed by atoms with E-state index in [1.165, 1.54) is 10.8 Å². The average Bonchev–Trinajstić information content (AvgIpc) is 3.13. The van der Waals surface area contributed by atoms with Gasteiger partial charge in [0.05, 0.1) is 17.0 Å². The van der Waals surface area contributed by atoms with E-state index >= 15 is 0 Å². The van der Waals surface area contributed by atoms with E-state index in [4.69, 9.17) is 10.3 Å². The standard InChI is InChI=1S/C15H16F3N5.C3H6O3S/c1-7-4-8(19)5-11(7)23-12-9-2-3-20-13(9)21-6-10(12)22-14(23)15(16,17)18;4-7(5,6)3-1-2-3/h2-3,6-8,11H,4-5,19H2,1H3,(H,20,21);3H,1-2H2,(H,4,5,6)/t7-,8+,11+;/m1./s1. The number of nitrogens with zero attached hydrogens (tertiary/aromatic N) is 3. The van der Waals surface area contributed by atoms with Gasteiger partial charge in [0.25, 0.3) is 10.1 Å². The number of rotatable bonds is 2. The Bertz CT molecular complexity index is 1180. The minimum Gasteiger partial charge on any atom is -0.346 e. The summed E-state index contributed by atoms with van der Waals surface area (Å²) in [5, 5.41) is 0.227. The highest BCUT2D eigenvalue weighted by Crippen LogP contribution is 2.42. The SMILES string of the molecule is C[C@@H]1C[C@H](N)C[C@@H]1n1c(C(F)(F)F)nc2cnc3[nH]ccc3c21.O=S(=O)(O)C1CC1. The molecule has 2 aliphatic carbocycles. The summed E-state index contributed by atoms with van der Waals surface area (Å²) in [5.41, 5.74) is 7.28. The van der Waals surface area contributed by atoms with Crippen molar-refractivity contribution >= 4 is 32.2 Å². The number of halogens is 3. The fraction of sp³-hybridized carbons (Fsp3) is 0.556. The molecule has 0 spiro atoms. The molecule has 8 nitrogen and oxygen atoms in total. The number of aromatic nitrogens is 4. The smallest absolute Gasteiger partial charge is 0.346 e. The zero-order chi connectivity index (χ0) is 21.8. The quantitative estimate of drug-likeness (QED) is 0.520. The van der Waals surface area contributed by atoms with Gasteiger partial charge >= 0.3 is 6.18 Å². The number of hydrogen-bond acceptors (Lipinski definition) is 5. The van der Waals surface area contributed by atoms with Crippen molar-refractivity contribution in [3.63, 3.8) is 0 Å². The highest BCUT2D eigenvalue weighted by atomic mass is 32.2. The van der Waals surface area contributed by atoms with Gasteiger partial charge in [-0.05, 0) is 37.7 Å². The first-order chi connectivity index (χ1) is 14.0. The Labute approximate surface area is 170 Å². The van der Waals surface area contributed by atoms with E-state index in [2.05, 4.69) is 15.0 Å². The predicted molar refractivity (Wildman–Crippen MR) is 104 cm³/mol. The Morgan fingerprint density at radius 2 is 2.00 bits per heavy atom. The molecule has 0 amide bonds. The Hall–Kier alpha value is -2.18. The summed E-state index contributed by atoms with van der Waals surface area (Å²) < 4.78 is 70.0. The molecule has 164 valence electrons. The highest BCUT2D eigenvalue weighted by molar-refractivity contribution is 7.86. The summed E-state index contributed by atoms with van der Waals surface area (Å²) in [6, 6.07) is 1.34. The normalized spacial score (nSPS) is 24.9. The first-order valence-electron chi connectivity index (χ1n) is 9.60. The Kier molecular flexibility index (Phi) is 5.06. The van der Waals surface area contributed by atoms with Gasteiger partial charge < -0.3 is 15.3 Å². The number of alkyl halides is 3. The number of nitrogens with two attached hydrogens (primary N) is 1. The lowest BCUT2D eigenvalue weighted by atomic mass is 10.1. The molecule has 3 aromatic rings. The third-order valence-corrected chi connectivity index (χ3v) is 6.95. The summed E-state index contributed by atoms with van der Waals surface area (Å²) >= 11 is 0. The summed E-state index contributed by atoms with van der Waals surface area (Å²) in [7, 11) is -3.63. The second-order valence-corrected chi connectivity index (χ2v) is 9.72. The van der Waals surface area contributed by atoms with Crippen LogP contribution in [0.2, 0.25) is 0 Å². The molecule has 3 atom stereocenters. The van der Waals surface area contributed by atoms with Gasteiger partial charge in [-0.25, -0.2) is 9.97 Å². The number of hydrogen-bond donors (Lipinski definition) is 3. The minimum atomic E-state index is -4.52. The molecule has 4 N–H and O–H groups in total. The van der Waals surface area contributed by atoms with Gasteiger partial charge in [-0.1, -0.05) is 6.92 Å². The number of H-pyrrole nitrogens is 1. The summed E-state index contributed by atoms with van der Waals surface area (Å²) in [5.74, 6) is -0.806. The van der Waals surface area contributed by atoms with E-state index in [9.17, 15) is 21.6 Å². The van der Waals surface area contributed by atoms with Crippen LogP contribution in [-0.4, -0.2) is 43.8 Å². The van der Waals surface area contributed by atoms with Gasteiger partial charge in [0.2, 0.25) is 5.82 Å². The van der Waals surface area contributed by atoms with Crippen LogP contribution in [0.4, 0.5) is 13.2 Å². The van der Waals surface area contributed by atoms with Crippen LogP contribution in [0.25, 0.3) is 22.1 Å². The van der Waals surface area contributed by atoms with Crippen molar-refractivity contribution in [1.29, 1.82) is 0 Å². The second kappa shape index (κ2) is 7.20. The third kappa shape index (κ3) is 3.91. The van der Waals surface area contributed by atoms with Crippen LogP contribution < -0.4 is 5.73 Å². The molecule has 0 radical (unpaired) electrons. The lowest BCUT2D eigenvalue weighted by Gasteiger charge is -2.22. The first kappa shape index (κ1) is 21.1. The topological polar surface area (TPSA) is 127 Å². The fourth-order valence-electron chi connectivity index (χ4n) is 4.11. The molecule has 0 aromatic carbocycles. The lowest BCUT2D eigenvalue weighted by Crippen LogP contribution is -2.21. The molecule has 30 heavy (non-hydrogen) atoms. The van der Waals surface area contributed by atoms with Crippen LogP contribution in [0.1, 0.15) is 44.5 Å². The number of nitrogens with one attached hydrogen (secondary N) is 1. The molecule has 0 unspecified atom stereocenters. The van der Waals surface area contributed by atoms with Crippen LogP contribution in [0.3, 0.4) is 0 Å². The van der Waals surface area contributed by atoms with E-state index < -0.39 is 27.4 Å². The van der Waals surface area contributed by atoms with Gasteiger partial charge in [0.15, 0.2) is 0 Å². The third-order valence-electron chi connectivity index (χ3n) is 5.64. The first-order valence-corrected chi connectivity index (χ1v) is 11.1. The Balaban J connectivity index is 0.000000265. The van der Waals surface area contributed by atoms with E-state index in [0.29, 0.717) is 42.2 Å². The van der Waals surface area contributed by atoms with E-state index in [0.717, 1.165) is 0 Å². The summed E-state index contributed by atoms with van der Waals surface area (Å²) in [4.78, 5) is 10.9. The molecule has 3 heterocycles. The van der Waals surface area contributed by atoms with Crippen molar-refractivity contribution in [3.05, 3.63) is 24.3 Å². The van der Waals surface area contributed by atoms with Crippen molar-refractivity contribution in [1.82, 2.24) is 19.5 Å². The van der Waals surface area contributed by atoms with Crippen molar-refractivity contribution in [2.75, 3.05) is 0 Å². The average molecular weight is 445 g/mol. The second-order valence-electron chi connectivity index (χ2n) is 8.03. The van der Waals surface area contributed by atoms with Gasteiger partial charge in [0, 0.05) is 23.7 Å². The van der Waals surface area contributed by atoms with Crippen LogP contribution in [0, 0.1) is 5.92 Å². The van der Waals surface area contributed by atoms with Crippen LogP contribution >= 0.6 is 0 Å². The van der Waals surface area contributed by atoms with E-state index in [-0.39, 0.29) is 23.5 Å². The van der Waals surface area contributed by atoms with Crippen LogP contribution in [-0.2, 0) is 16.3 Å². The molecule has 3 aromatic heterocycles. The molecule has 12 heteroatoms. The molecule has 5 rings (SSSR count). The van der Waals surface area contributed by atoms with Gasteiger partial charge in [0.1, 0.15) is 11.2 Å². The van der Waals surface area contributed by atoms with Crippen molar-refractivity contribution in [2.45, 2.75) is 56.1 Å². The maximum absolute atomic E-state index is 13.5. The molecular weight excluding hydrogens is 423 g/mol. The zero-order valence-corrected chi connectivity index (χ0v) is 16.9. The monoisotopic (exact) mass is 445 g/mol. The number of imidazole rings is 1. The van der Waals surface area contributed by atoms with Gasteiger partial charge in [-0.15, -0.1) is 0 Å². The van der Waals surface area contributed by atoms with Crippen LogP contribution in [0.5, 0.6) is 0 Å². The highest BCUT2D eigenvalue weighted by Gasteiger charge is 2.42. The van der Waals surface area contributed by atoms with Crippen molar-refractivity contribution < 1.29 is 26.1 Å². The Morgan fingerprint density at radius 1 is 1.30 bits per heavy atom.